The molecule has 0 spiro atoms. The van der Waals surface area contributed by atoms with E-state index in [1.165, 1.54) is 0 Å². The molecule has 2 fully saturated rings. The second kappa shape index (κ2) is 7.59. The van der Waals surface area contributed by atoms with Gasteiger partial charge in [0, 0.05) is 32.6 Å². The summed E-state index contributed by atoms with van der Waals surface area (Å²) in [5.74, 6) is -0.0939. The largest absolute Gasteiger partial charge is 0.480 e. The number of piperidine rings is 1. The highest BCUT2D eigenvalue weighted by atomic mass is 16.4. The number of carboxylic acids is 1. The van der Waals surface area contributed by atoms with Gasteiger partial charge in [0.15, 0.2) is 0 Å². The monoisotopic (exact) mass is 283 g/mol. The molecule has 0 aromatic rings. The van der Waals surface area contributed by atoms with Gasteiger partial charge in [0.2, 0.25) is 5.91 Å². The van der Waals surface area contributed by atoms with E-state index in [1.807, 2.05) is 9.80 Å². The molecule has 2 aliphatic heterocycles. The molecular weight excluding hydrogens is 258 g/mol. The van der Waals surface area contributed by atoms with E-state index in [4.69, 9.17) is 5.11 Å². The summed E-state index contributed by atoms with van der Waals surface area (Å²) in [6.07, 6.45) is 3.79. The van der Waals surface area contributed by atoms with Crippen LogP contribution in [0.15, 0.2) is 0 Å². The summed E-state index contributed by atoms with van der Waals surface area (Å²) in [6.45, 7) is 4.95. The van der Waals surface area contributed by atoms with Gasteiger partial charge in [0.05, 0.1) is 6.54 Å². The SMILES string of the molecule is O=C(O)CN1CCCN(C(=O)CC2CCCNC2)CC1. The first-order chi connectivity index (χ1) is 9.65. The third kappa shape index (κ3) is 4.76. The molecular formula is C14H25N3O3. The van der Waals surface area contributed by atoms with Gasteiger partial charge in [0.1, 0.15) is 0 Å². The molecule has 1 atom stereocenters. The number of carbonyl (C=O) groups is 2. The Morgan fingerprint density at radius 1 is 1.15 bits per heavy atom. The van der Waals surface area contributed by atoms with Crippen LogP contribution in [0.3, 0.4) is 0 Å². The van der Waals surface area contributed by atoms with Crippen LogP contribution in [0.25, 0.3) is 0 Å². The second-order valence-electron chi connectivity index (χ2n) is 5.82. The minimum Gasteiger partial charge on any atom is -0.480 e. The molecule has 6 nitrogen and oxygen atoms in total. The lowest BCUT2D eigenvalue weighted by atomic mass is 9.95. The van der Waals surface area contributed by atoms with Crippen LogP contribution in [0, 0.1) is 5.92 Å². The summed E-state index contributed by atoms with van der Waals surface area (Å²) < 4.78 is 0. The fourth-order valence-electron chi connectivity index (χ4n) is 3.04. The number of hydrogen-bond acceptors (Lipinski definition) is 4. The molecule has 0 saturated carbocycles. The summed E-state index contributed by atoms with van der Waals surface area (Å²) in [6, 6.07) is 0. The van der Waals surface area contributed by atoms with Gasteiger partial charge >= 0.3 is 5.97 Å². The molecule has 20 heavy (non-hydrogen) atoms. The highest BCUT2D eigenvalue weighted by Gasteiger charge is 2.23. The molecule has 2 rings (SSSR count). The van der Waals surface area contributed by atoms with Gasteiger partial charge in [-0.1, -0.05) is 0 Å². The highest BCUT2D eigenvalue weighted by molar-refractivity contribution is 5.76. The zero-order chi connectivity index (χ0) is 14.4. The van der Waals surface area contributed by atoms with Crippen molar-refractivity contribution in [2.24, 2.45) is 5.92 Å². The van der Waals surface area contributed by atoms with Crippen LogP contribution in [0.2, 0.25) is 0 Å². The first-order valence-electron chi connectivity index (χ1n) is 7.58. The van der Waals surface area contributed by atoms with Gasteiger partial charge < -0.3 is 15.3 Å². The molecule has 1 amide bonds. The first kappa shape index (κ1) is 15.3. The molecule has 1 unspecified atom stereocenters. The van der Waals surface area contributed by atoms with Crippen molar-refractivity contribution >= 4 is 11.9 Å². The zero-order valence-electron chi connectivity index (χ0n) is 12.0. The Morgan fingerprint density at radius 3 is 2.70 bits per heavy atom. The van der Waals surface area contributed by atoms with E-state index in [-0.39, 0.29) is 12.5 Å². The second-order valence-corrected chi connectivity index (χ2v) is 5.82. The number of carbonyl (C=O) groups excluding carboxylic acids is 1. The molecule has 0 aromatic heterocycles. The minimum atomic E-state index is -0.793. The molecule has 0 aliphatic carbocycles. The van der Waals surface area contributed by atoms with Gasteiger partial charge in [0.25, 0.3) is 0 Å². The molecule has 2 heterocycles. The average molecular weight is 283 g/mol. The summed E-state index contributed by atoms with van der Waals surface area (Å²) >= 11 is 0. The predicted octanol–water partition coefficient (Wildman–Crippen LogP) is -0.00500. The Bertz CT molecular complexity index is 343. The highest BCUT2D eigenvalue weighted by Crippen LogP contribution is 2.16. The van der Waals surface area contributed by atoms with Crippen LogP contribution in [-0.4, -0.2) is 72.6 Å². The van der Waals surface area contributed by atoms with Gasteiger partial charge in [-0.3, -0.25) is 14.5 Å². The minimum absolute atomic E-state index is 0.0780. The maximum Gasteiger partial charge on any atom is 0.317 e. The quantitative estimate of drug-likeness (QED) is 0.759. The van der Waals surface area contributed by atoms with E-state index in [0.29, 0.717) is 25.4 Å². The molecule has 2 saturated heterocycles. The van der Waals surface area contributed by atoms with Gasteiger partial charge in [-0.05, 0) is 38.3 Å². The number of amides is 1. The van der Waals surface area contributed by atoms with Crippen molar-refractivity contribution < 1.29 is 14.7 Å². The van der Waals surface area contributed by atoms with E-state index >= 15 is 0 Å². The predicted molar refractivity (Wildman–Crippen MR) is 75.5 cm³/mol. The van der Waals surface area contributed by atoms with E-state index in [0.717, 1.165) is 45.4 Å². The van der Waals surface area contributed by atoms with Crippen molar-refractivity contribution in [2.45, 2.75) is 25.7 Å². The number of carboxylic acid groups (broad SMARTS) is 1. The smallest absolute Gasteiger partial charge is 0.317 e. The Hall–Kier alpha value is -1.14. The van der Waals surface area contributed by atoms with Crippen LogP contribution in [0.4, 0.5) is 0 Å². The standard InChI is InChI=1S/C14H25N3O3/c18-13(9-12-3-1-4-15-10-12)17-6-2-5-16(7-8-17)11-14(19)20/h12,15H,1-11H2,(H,19,20). The molecule has 6 heteroatoms. The van der Waals surface area contributed by atoms with Crippen LogP contribution >= 0.6 is 0 Å². The third-order valence-electron chi connectivity index (χ3n) is 4.16. The van der Waals surface area contributed by atoms with Crippen molar-refractivity contribution in [3.63, 3.8) is 0 Å². The number of hydrogen-bond donors (Lipinski definition) is 2. The molecule has 0 aromatic carbocycles. The summed E-state index contributed by atoms with van der Waals surface area (Å²) in [4.78, 5) is 26.9. The van der Waals surface area contributed by atoms with Crippen LogP contribution in [0.5, 0.6) is 0 Å². The normalized spacial score (nSPS) is 25.2. The van der Waals surface area contributed by atoms with Crippen LogP contribution in [0.1, 0.15) is 25.7 Å². The van der Waals surface area contributed by atoms with E-state index in [1.54, 1.807) is 0 Å². The van der Waals surface area contributed by atoms with Crippen molar-refractivity contribution in [1.82, 2.24) is 15.1 Å². The number of nitrogens with one attached hydrogen (secondary N) is 1. The topological polar surface area (TPSA) is 72.9 Å². The van der Waals surface area contributed by atoms with E-state index < -0.39 is 5.97 Å². The molecule has 114 valence electrons. The zero-order valence-corrected chi connectivity index (χ0v) is 12.0. The van der Waals surface area contributed by atoms with Crippen molar-refractivity contribution in [3.05, 3.63) is 0 Å². The third-order valence-corrected chi connectivity index (χ3v) is 4.16. The number of aliphatic carboxylic acids is 1. The summed E-state index contributed by atoms with van der Waals surface area (Å²) in [5.41, 5.74) is 0. The van der Waals surface area contributed by atoms with E-state index in [2.05, 4.69) is 5.32 Å². The maximum atomic E-state index is 12.3. The number of rotatable bonds is 4. The Morgan fingerprint density at radius 2 is 2.00 bits per heavy atom. The lowest BCUT2D eigenvalue weighted by Gasteiger charge is -2.26. The molecule has 2 N–H and O–H groups in total. The lowest BCUT2D eigenvalue weighted by molar-refractivity contribution is -0.138. The van der Waals surface area contributed by atoms with Crippen molar-refractivity contribution in [2.75, 3.05) is 45.8 Å². The summed E-state index contributed by atoms with van der Waals surface area (Å²) in [5, 5.41) is 12.2. The van der Waals surface area contributed by atoms with Gasteiger partial charge in [-0.25, -0.2) is 0 Å². The van der Waals surface area contributed by atoms with Gasteiger partial charge in [-0.2, -0.15) is 0 Å². The molecule has 0 bridgehead atoms. The number of nitrogens with zero attached hydrogens (tertiary/aromatic N) is 2. The average Bonchev–Trinajstić information content (AvgIpc) is 2.65. The molecule has 0 radical (unpaired) electrons. The van der Waals surface area contributed by atoms with Gasteiger partial charge in [-0.15, -0.1) is 0 Å². The lowest BCUT2D eigenvalue weighted by Crippen LogP contribution is -2.39. The van der Waals surface area contributed by atoms with Crippen molar-refractivity contribution in [3.8, 4) is 0 Å². The van der Waals surface area contributed by atoms with Crippen LogP contribution in [-0.2, 0) is 9.59 Å². The van der Waals surface area contributed by atoms with Crippen LogP contribution < -0.4 is 5.32 Å². The fraction of sp³-hybridized carbons (Fsp3) is 0.857. The van der Waals surface area contributed by atoms with Crippen molar-refractivity contribution in [1.29, 1.82) is 0 Å². The van der Waals surface area contributed by atoms with E-state index in [9.17, 15) is 9.59 Å². The maximum absolute atomic E-state index is 12.3. The summed E-state index contributed by atoms with van der Waals surface area (Å²) in [7, 11) is 0. The Kier molecular flexibility index (Phi) is 5.79. The Balaban J connectivity index is 1.77. The Labute approximate surface area is 120 Å². The fourth-order valence-corrected chi connectivity index (χ4v) is 3.04. The first-order valence-corrected chi connectivity index (χ1v) is 7.58. The molecule has 2 aliphatic rings.